The highest BCUT2D eigenvalue weighted by Crippen LogP contribution is 2.31. The molecule has 1 fully saturated rings. The second-order valence-corrected chi connectivity index (χ2v) is 4.75. The number of nitrogens with one attached hydrogen (secondary N) is 1. The molecule has 0 spiro atoms. The van der Waals surface area contributed by atoms with E-state index in [9.17, 15) is 9.18 Å². The van der Waals surface area contributed by atoms with E-state index in [1.165, 1.54) is 18.2 Å². The van der Waals surface area contributed by atoms with E-state index >= 15 is 0 Å². The van der Waals surface area contributed by atoms with Crippen molar-refractivity contribution < 1.29 is 9.18 Å². The molecular formula is C12H14ClFN2O. The van der Waals surface area contributed by atoms with Crippen LogP contribution < -0.4 is 11.1 Å². The second kappa shape index (κ2) is 5.02. The standard InChI is InChI=1S/C12H14ClFN2O/c13-9-5-8(3-4-10(9)14)12(17)16-6-11(15)7-1-2-7/h3-5,7,11H,1-2,6,15H2,(H,16,17). The molecule has 92 valence electrons. The van der Waals surface area contributed by atoms with Crippen molar-refractivity contribution in [2.75, 3.05) is 6.54 Å². The van der Waals surface area contributed by atoms with E-state index in [-0.39, 0.29) is 17.0 Å². The first-order valence-corrected chi connectivity index (χ1v) is 5.94. The molecule has 1 unspecified atom stereocenters. The predicted molar refractivity (Wildman–Crippen MR) is 64.4 cm³/mol. The number of carbonyl (C=O) groups is 1. The minimum Gasteiger partial charge on any atom is -0.350 e. The van der Waals surface area contributed by atoms with Crippen molar-refractivity contribution in [2.24, 2.45) is 11.7 Å². The van der Waals surface area contributed by atoms with E-state index in [0.29, 0.717) is 18.0 Å². The lowest BCUT2D eigenvalue weighted by Gasteiger charge is -2.11. The minimum atomic E-state index is -0.530. The maximum Gasteiger partial charge on any atom is 0.251 e. The number of benzene rings is 1. The largest absolute Gasteiger partial charge is 0.350 e. The van der Waals surface area contributed by atoms with Crippen LogP contribution in [0.4, 0.5) is 4.39 Å². The lowest BCUT2D eigenvalue weighted by atomic mass is 10.1. The van der Waals surface area contributed by atoms with Crippen LogP contribution in [0.1, 0.15) is 23.2 Å². The monoisotopic (exact) mass is 256 g/mol. The van der Waals surface area contributed by atoms with Gasteiger partial charge in [-0.25, -0.2) is 4.39 Å². The average molecular weight is 257 g/mol. The van der Waals surface area contributed by atoms with Crippen molar-refractivity contribution in [1.82, 2.24) is 5.32 Å². The van der Waals surface area contributed by atoms with Gasteiger partial charge < -0.3 is 11.1 Å². The molecule has 1 aromatic rings. The van der Waals surface area contributed by atoms with Crippen LogP contribution in [-0.2, 0) is 0 Å². The topological polar surface area (TPSA) is 55.1 Å². The fourth-order valence-corrected chi connectivity index (χ4v) is 1.82. The van der Waals surface area contributed by atoms with E-state index in [1.807, 2.05) is 0 Å². The summed E-state index contributed by atoms with van der Waals surface area (Å²) < 4.78 is 12.9. The zero-order chi connectivity index (χ0) is 12.4. The molecule has 0 saturated heterocycles. The van der Waals surface area contributed by atoms with E-state index < -0.39 is 5.82 Å². The lowest BCUT2D eigenvalue weighted by molar-refractivity contribution is 0.0950. The molecule has 0 aromatic heterocycles. The molecule has 1 aliphatic carbocycles. The summed E-state index contributed by atoms with van der Waals surface area (Å²) in [5, 5.41) is 2.67. The summed E-state index contributed by atoms with van der Waals surface area (Å²) in [7, 11) is 0. The number of hydrogen-bond acceptors (Lipinski definition) is 2. The van der Waals surface area contributed by atoms with Crippen molar-refractivity contribution in [3.05, 3.63) is 34.6 Å². The Morgan fingerprint density at radius 3 is 2.88 bits per heavy atom. The van der Waals surface area contributed by atoms with Gasteiger partial charge in [0, 0.05) is 18.2 Å². The Hall–Kier alpha value is -1.13. The van der Waals surface area contributed by atoms with Crippen LogP contribution in [0.15, 0.2) is 18.2 Å². The highest BCUT2D eigenvalue weighted by Gasteiger charge is 2.28. The van der Waals surface area contributed by atoms with Crippen LogP contribution in [0.5, 0.6) is 0 Å². The summed E-state index contributed by atoms with van der Waals surface area (Å²) >= 11 is 5.60. The van der Waals surface area contributed by atoms with Gasteiger partial charge in [0.1, 0.15) is 5.82 Å². The summed E-state index contributed by atoms with van der Waals surface area (Å²) in [6.45, 7) is 0.443. The zero-order valence-electron chi connectivity index (χ0n) is 9.25. The number of nitrogens with two attached hydrogens (primary N) is 1. The highest BCUT2D eigenvalue weighted by molar-refractivity contribution is 6.31. The highest BCUT2D eigenvalue weighted by atomic mass is 35.5. The van der Waals surface area contributed by atoms with Crippen molar-refractivity contribution in [2.45, 2.75) is 18.9 Å². The van der Waals surface area contributed by atoms with Gasteiger partial charge in [-0.05, 0) is 37.0 Å². The van der Waals surface area contributed by atoms with Crippen LogP contribution in [0.3, 0.4) is 0 Å². The third-order valence-corrected chi connectivity index (χ3v) is 3.20. The smallest absolute Gasteiger partial charge is 0.251 e. The summed E-state index contributed by atoms with van der Waals surface area (Å²) in [6, 6.07) is 3.90. The molecule has 1 saturated carbocycles. The fourth-order valence-electron chi connectivity index (χ4n) is 1.64. The van der Waals surface area contributed by atoms with Gasteiger partial charge in [-0.2, -0.15) is 0 Å². The third kappa shape index (κ3) is 3.17. The summed E-state index contributed by atoms with van der Waals surface area (Å²) in [6.07, 6.45) is 2.28. The Balaban J connectivity index is 1.92. The Morgan fingerprint density at radius 2 is 2.29 bits per heavy atom. The minimum absolute atomic E-state index is 0.00914. The van der Waals surface area contributed by atoms with E-state index in [1.54, 1.807) is 0 Å². The summed E-state index contributed by atoms with van der Waals surface area (Å²) in [5.74, 6) is -0.270. The van der Waals surface area contributed by atoms with Gasteiger partial charge in [0.2, 0.25) is 0 Å². The van der Waals surface area contributed by atoms with Crippen LogP contribution in [0.2, 0.25) is 5.02 Å². The van der Waals surface area contributed by atoms with Gasteiger partial charge in [-0.15, -0.1) is 0 Å². The van der Waals surface area contributed by atoms with Crippen LogP contribution >= 0.6 is 11.6 Å². The molecule has 1 amide bonds. The Bertz CT molecular complexity index is 435. The van der Waals surface area contributed by atoms with Gasteiger partial charge in [0.15, 0.2) is 0 Å². The van der Waals surface area contributed by atoms with Crippen LogP contribution in [0.25, 0.3) is 0 Å². The number of amides is 1. The SMILES string of the molecule is NC(CNC(=O)c1ccc(F)c(Cl)c1)C1CC1. The average Bonchev–Trinajstić information content (AvgIpc) is 3.13. The summed E-state index contributed by atoms with van der Waals surface area (Å²) in [5.41, 5.74) is 6.21. The fraction of sp³-hybridized carbons (Fsp3) is 0.417. The number of hydrogen-bond donors (Lipinski definition) is 2. The molecule has 0 aliphatic heterocycles. The van der Waals surface area contributed by atoms with Crippen LogP contribution in [0, 0.1) is 11.7 Å². The van der Waals surface area contributed by atoms with Gasteiger partial charge in [-0.3, -0.25) is 4.79 Å². The third-order valence-electron chi connectivity index (χ3n) is 2.91. The van der Waals surface area contributed by atoms with E-state index in [4.69, 9.17) is 17.3 Å². The first kappa shape index (κ1) is 12.3. The molecule has 5 heteroatoms. The normalized spacial score (nSPS) is 16.6. The Labute approximate surface area is 104 Å². The first-order chi connectivity index (χ1) is 8.08. The number of carbonyl (C=O) groups excluding carboxylic acids is 1. The van der Waals surface area contributed by atoms with Gasteiger partial charge in [0.05, 0.1) is 5.02 Å². The number of halogens is 2. The maximum absolute atomic E-state index is 12.9. The molecular weight excluding hydrogens is 243 g/mol. The molecule has 3 N–H and O–H groups in total. The van der Waals surface area contributed by atoms with Crippen molar-refractivity contribution in [3.8, 4) is 0 Å². The number of rotatable bonds is 4. The maximum atomic E-state index is 12.9. The molecule has 3 nitrogen and oxygen atoms in total. The predicted octanol–water partition coefficient (Wildman–Crippen LogP) is 1.95. The lowest BCUT2D eigenvalue weighted by Crippen LogP contribution is -2.38. The molecule has 1 aliphatic rings. The molecule has 0 bridgehead atoms. The van der Waals surface area contributed by atoms with Crippen molar-refractivity contribution in [1.29, 1.82) is 0 Å². The Kier molecular flexibility index (Phi) is 3.64. The first-order valence-electron chi connectivity index (χ1n) is 5.57. The molecule has 17 heavy (non-hydrogen) atoms. The molecule has 0 heterocycles. The quantitative estimate of drug-likeness (QED) is 0.865. The molecule has 1 aromatic carbocycles. The van der Waals surface area contributed by atoms with Gasteiger partial charge >= 0.3 is 0 Å². The van der Waals surface area contributed by atoms with Gasteiger partial charge in [0.25, 0.3) is 5.91 Å². The second-order valence-electron chi connectivity index (χ2n) is 4.34. The van der Waals surface area contributed by atoms with Crippen LogP contribution in [-0.4, -0.2) is 18.5 Å². The van der Waals surface area contributed by atoms with Crippen molar-refractivity contribution >= 4 is 17.5 Å². The summed E-state index contributed by atoms with van der Waals surface area (Å²) in [4.78, 5) is 11.7. The van der Waals surface area contributed by atoms with E-state index in [0.717, 1.165) is 12.8 Å². The Morgan fingerprint density at radius 1 is 1.59 bits per heavy atom. The van der Waals surface area contributed by atoms with Crippen molar-refractivity contribution in [3.63, 3.8) is 0 Å². The van der Waals surface area contributed by atoms with E-state index in [2.05, 4.69) is 5.32 Å². The molecule has 0 radical (unpaired) electrons. The molecule has 2 rings (SSSR count). The van der Waals surface area contributed by atoms with Gasteiger partial charge in [-0.1, -0.05) is 11.6 Å². The molecule has 1 atom stereocenters. The zero-order valence-corrected chi connectivity index (χ0v) is 10.0.